The number of fused-ring (bicyclic) bond motifs is 8. The maximum Gasteiger partial charge on any atom is 0.143 e. The summed E-state index contributed by atoms with van der Waals surface area (Å²) in [5.41, 5.74) is 10.4. The lowest BCUT2D eigenvalue weighted by molar-refractivity contribution is 0.673. The Balaban J connectivity index is 1.31. The van der Waals surface area contributed by atoms with Crippen molar-refractivity contribution in [3.05, 3.63) is 140 Å². The third-order valence-corrected chi connectivity index (χ3v) is 8.37. The van der Waals surface area contributed by atoms with Crippen molar-refractivity contribution in [2.24, 2.45) is 0 Å². The van der Waals surface area contributed by atoms with Crippen molar-refractivity contribution >= 4 is 60.5 Å². The molecule has 1 aliphatic carbocycles. The van der Waals surface area contributed by atoms with E-state index < -0.39 is 0 Å². The molecular weight excluding hydrogens is 486 g/mol. The van der Waals surface area contributed by atoms with Gasteiger partial charge in [-0.3, -0.25) is 0 Å². The third-order valence-electron chi connectivity index (χ3n) is 8.37. The molecule has 0 spiro atoms. The molecule has 0 bridgehead atoms. The zero-order valence-electron chi connectivity index (χ0n) is 21.6. The Kier molecular flexibility index (Phi) is 4.36. The Bertz CT molecular complexity index is 2270. The molecule has 0 saturated carbocycles. The van der Waals surface area contributed by atoms with E-state index in [1.807, 2.05) is 0 Å². The van der Waals surface area contributed by atoms with Gasteiger partial charge in [-0.2, -0.15) is 0 Å². The highest BCUT2D eigenvalue weighted by molar-refractivity contribution is 6.26. The Morgan fingerprint density at radius 1 is 0.425 bits per heavy atom. The van der Waals surface area contributed by atoms with Crippen LogP contribution in [0.4, 0.5) is 17.1 Å². The van der Waals surface area contributed by atoms with Crippen molar-refractivity contribution in [1.82, 2.24) is 0 Å². The molecule has 1 heterocycles. The van der Waals surface area contributed by atoms with Gasteiger partial charge in [0.25, 0.3) is 0 Å². The van der Waals surface area contributed by atoms with Crippen molar-refractivity contribution < 1.29 is 4.42 Å². The summed E-state index contributed by atoms with van der Waals surface area (Å²) in [6.07, 6.45) is 0. The molecule has 186 valence electrons. The van der Waals surface area contributed by atoms with Gasteiger partial charge in [-0.05, 0) is 64.0 Å². The average molecular weight is 510 g/mol. The van der Waals surface area contributed by atoms with E-state index in [1.54, 1.807) is 0 Å². The van der Waals surface area contributed by atoms with Crippen molar-refractivity contribution in [2.75, 3.05) is 4.90 Å². The molecular formula is C38H23NO. The first kappa shape index (κ1) is 21.6. The first-order valence-electron chi connectivity index (χ1n) is 13.7. The SMILES string of the molecule is c1ccc(N(c2ccc3c(c2)oc2c4cccc5c4c(cc32)-c2ccccc2-5)c2cccc3ccccc23)cc1. The summed E-state index contributed by atoms with van der Waals surface area (Å²) in [7, 11) is 0. The molecule has 0 fully saturated rings. The summed E-state index contributed by atoms with van der Waals surface area (Å²) < 4.78 is 6.73. The minimum absolute atomic E-state index is 0.895. The zero-order chi connectivity index (χ0) is 26.2. The van der Waals surface area contributed by atoms with Gasteiger partial charge in [-0.15, -0.1) is 0 Å². The van der Waals surface area contributed by atoms with Gasteiger partial charge in [0.15, 0.2) is 0 Å². The highest BCUT2D eigenvalue weighted by atomic mass is 16.3. The van der Waals surface area contributed by atoms with E-state index in [2.05, 4.69) is 144 Å². The second kappa shape index (κ2) is 8.08. The lowest BCUT2D eigenvalue weighted by atomic mass is 9.99. The maximum atomic E-state index is 6.73. The number of rotatable bonds is 3. The third kappa shape index (κ3) is 2.93. The van der Waals surface area contributed by atoms with Gasteiger partial charge >= 0.3 is 0 Å². The maximum absolute atomic E-state index is 6.73. The van der Waals surface area contributed by atoms with Crippen LogP contribution in [0, 0.1) is 0 Å². The van der Waals surface area contributed by atoms with E-state index in [4.69, 9.17) is 4.42 Å². The van der Waals surface area contributed by atoms with Gasteiger partial charge in [0.2, 0.25) is 0 Å². The molecule has 1 aliphatic rings. The second-order valence-corrected chi connectivity index (χ2v) is 10.5. The molecule has 0 atom stereocenters. The Labute approximate surface area is 231 Å². The quantitative estimate of drug-likeness (QED) is 0.235. The van der Waals surface area contributed by atoms with Gasteiger partial charge < -0.3 is 9.32 Å². The van der Waals surface area contributed by atoms with Crippen LogP contribution in [0.2, 0.25) is 0 Å². The fourth-order valence-corrected chi connectivity index (χ4v) is 6.63. The molecule has 8 aromatic rings. The molecule has 2 nitrogen and oxygen atoms in total. The summed E-state index contributed by atoms with van der Waals surface area (Å²) in [6.45, 7) is 0. The smallest absolute Gasteiger partial charge is 0.143 e. The highest BCUT2D eigenvalue weighted by Gasteiger charge is 2.25. The van der Waals surface area contributed by atoms with Gasteiger partial charge in [-0.25, -0.2) is 0 Å². The lowest BCUT2D eigenvalue weighted by Crippen LogP contribution is -2.10. The van der Waals surface area contributed by atoms with E-state index >= 15 is 0 Å². The summed E-state index contributed by atoms with van der Waals surface area (Å²) >= 11 is 0. The second-order valence-electron chi connectivity index (χ2n) is 10.5. The van der Waals surface area contributed by atoms with Crippen LogP contribution in [0.15, 0.2) is 144 Å². The molecule has 0 saturated heterocycles. The van der Waals surface area contributed by atoms with Crippen molar-refractivity contribution in [2.45, 2.75) is 0 Å². The van der Waals surface area contributed by atoms with Crippen molar-refractivity contribution in [3.63, 3.8) is 0 Å². The average Bonchev–Trinajstić information content (AvgIpc) is 3.55. The summed E-state index contributed by atoms with van der Waals surface area (Å²) in [6, 6.07) is 49.9. The van der Waals surface area contributed by atoms with E-state index in [9.17, 15) is 0 Å². The normalized spacial score (nSPS) is 12.0. The number of benzene rings is 7. The van der Waals surface area contributed by atoms with Crippen LogP contribution in [0.5, 0.6) is 0 Å². The van der Waals surface area contributed by atoms with Crippen LogP contribution in [-0.2, 0) is 0 Å². The van der Waals surface area contributed by atoms with Gasteiger partial charge in [0.1, 0.15) is 11.2 Å². The molecule has 0 N–H and O–H groups in total. The largest absolute Gasteiger partial charge is 0.455 e. The number of anilines is 3. The zero-order valence-corrected chi connectivity index (χ0v) is 21.6. The highest BCUT2D eigenvalue weighted by Crippen LogP contribution is 2.51. The predicted octanol–water partition coefficient (Wildman–Crippen LogP) is 11.0. The van der Waals surface area contributed by atoms with Crippen LogP contribution in [0.25, 0.3) is 65.7 Å². The number of hydrogen-bond donors (Lipinski definition) is 0. The van der Waals surface area contributed by atoms with E-state index in [1.165, 1.54) is 43.8 Å². The van der Waals surface area contributed by atoms with Crippen molar-refractivity contribution in [3.8, 4) is 22.3 Å². The monoisotopic (exact) mass is 509 g/mol. The summed E-state index contributed by atoms with van der Waals surface area (Å²) in [5.74, 6) is 0. The standard InChI is InChI=1S/C38H23NO/c1-2-12-25(13-3-1)39(35-19-8-11-24-10-4-5-14-27(24)35)26-20-21-30-34-23-33-29-16-7-6-15-28(29)31-17-9-18-32(37(31)33)38(34)40-36(30)22-26/h1-23H. The Morgan fingerprint density at radius 2 is 1.12 bits per heavy atom. The summed E-state index contributed by atoms with van der Waals surface area (Å²) in [5, 5.41) is 7.19. The number of hydrogen-bond acceptors (Lipinski definition) is 2. The lowest BCUT2D eigenvalue weighted by Gasteiger charge is -2.26. The fourth-order valence-electron chi connectivity index (χ4n) is 6.63. The van der Waals surface area contributed by atoms with Crippen LogP contribution in [0.3, 0.4) is 0 Å². The van der Waals surface area contributed by atoms with Crippen LogP contribution < -0.4 is 4.90 Å². The van der Waals surface area contributed by atoms with E-state index in [-0.39, 0.29) is 0 Å². The van der Waals surface area contributed by atoms with Gasteiger partial charge in [0, 0.05) is 44.4 Å². The molecule has 7 aromatic carbocycles. The minimum atomic E-state index is 0.895. The number of nitrogens with zero attached hydrogens (tertiary/aromatic N) is 1. The number of furan rings is 1. The number of para-hydroxylation sites is 1. The van der Waals surface area contributed by atoms with Gasteiger partial charge in [-0.1, -0.05) is 97.1 Å². The Hall–Kier alpha value is -5.34. The van der Waals surface area contributed by atoms with E-state index in [0.717, 1.165) is 39.0 Å². The van der Waals surface area contributed by atoms with Crippen LogP contribution in [0.1, 0.15) is 0 Å². The van der Waals surface area contributed by atoms with E-state index in [0.29, 0.717) is 0 Å². The Morgan fingerprint density at radius 3 is 2.02 bits per heavy atom. The van der Waals surface area contributed by atoms with Gasteiger partial charge in [0.05, 0.1) is 5.69 Å². The first-order chi connectivity index (χ1) is 19.8. The molecule has 0 unspecified atom stereocenters. The topological polar surface area (TPSA) is 16.4 Å². The molecule has 1 aromatic heterocycles. The first-order valence-corrected chi connectivity index (χ1v) is 13.7. The molecule has 2 heteroatoms. The molecule has 40 heavy (non-hydrogen) atoms. The molecule has 9 rings (SSSR count). The minimum Gasteiger partial charge on any atom is -0.455 e. The fraction of sp³-hybridized carbons (Fsp3) is 0. The van der Waals surface area contributed by atoms with Crippen LogP contribution in [-0.4, -0.2) is 0 Å². The summed E-state index contributed by atoms with van der Waals surface area (Å²) in [4.78, 5) is 2.33. The van der Waals surface area contributed by atoms with Crippen molar-refractivity contribution in [1.29, 1.82) is 0 Å². The molecule has 0 amide bonds. The van der Waals surface area contributed by atoms with Crippen LogP contribution >= 0.6 is 0 Å². The predicted molar refractivity (Wildman–Crippen MR) is 168 cm³/mol. The molecule has 0 aliphatic heterocycles. The molecule has 0 radical (unpaired) electrons.